The predicted octanol–water partition coefficient (Wildman–Crippen LogP) is 1.98. The number of nitro groups is 1. The van der Waals surface area contributed by atoms with E-state index in [1.807, 2.05) is 0 Å². The van der Waals surface area contributed by atoms with E-state index in [1.165, 1.54) is 31.1 Å². The van der Waals surface area contributed by atoms with Crippen LogP contribution in [0, 0.1) is 23.0 Å². The smallest absolute Gasteiger partial charge is 0.269 e. The molecule has 0 saturated heterocycles. The number of hydrogen-bond acceptors (Lipinski definition) is 11. The number of hydrogen-bond donors (Lipinski definition) is 6. The van der Waals surface area contributed by atoms with Gasteiger partial charge < -0.3 is 31.5 Å². The number of carbonyl (C=O) groups is 3. The van der Waals surface area contributed by atoms with Crippen LogP contribution in [0.25, 0.3) is 10.8 Å². The molecule has 0 spiro atoms. The third-order valence-electron chi connectivity index (χ3n) is 8.27. The number of aliphatic hydroxyl groups excluding tert-OH is 1. The van der Waals surface area contributed by atoms with E-state index in [9.17, 15) is 44.9 Å². The Bertz CT molecular complexity index is 1750. The lowest BCUT2D eigenvalue weighted by atomic mass is 9.61. The SMILES string of the molecule is Cc1c2c(c(O)c3c(O)c(NCc4ccc([N+](=O)[O-])cc4)ccc13)C(=O)[C@]1(O)C(O)=C(C(N)=O)C(=O)[C@@H](N(C)C)[C@@H]1C2. The first-order chi connectivity index (χ1) is 19.7. The van der Waals surface area contributed by atoms with Crippen LogP contribution in [0.4, 0.5) is 11.4 Å². The minimum atomic E-state index is -2.75. The fraction of sp³-hybridized carbons (Fsp3) is 0.276. The summed E-state index contributed by atoms with van der Waals surface area (Å²) in [6.07, 6.45) is -0.126. The number of rotatable bonds is 6. The topological polar surface area (TPSA) is 217 Å². The van der Waals surface area contributed by atoms with Crippen LogP contribution in [0.15, 0.2) is 47.7 Å². The molecule has 0 bridgehead atoms. The Morgan fingerprint density at radius 1 is 1.12 bits per heavy atom. The Morgan fingerprint density at radius 3 is 2.33 bits per heavy atom. The third kappa shape index (κ3) is 3.96. The fourth-order valence-corrected chi connectivity index (χ4v) is 6.16. The van der Waals surface area contributed by atoms with Crippen molar-refractivity contribution in [1.29, 1.82) is 0 Å². The predicted molar refractivity (Wildman–Crippen MR) is 150 cm³/mol. The second-order valence-corrected chi connectivity index (χ2v) is 10.8. The molecule has 0 unspecified atom stereocenters. The van der Waals surface area contributed by atoms with Crippen molar-refractivity contribution in [3.63, 3.8) is 0 Å². The van der Waals surface area contributed by atoms with E-state index in [0.29, 0.717) is 22.1 Å². The molecule has 3 atom stereocenters. The first-order valence-electron chi connectivity index (χ1n) is 12.9. The van der Waals surface area contributed by atoms with Gasteiger partial charge in [-0.2, -0.15) is 0 Å². The molecule has 5 rings (SSSR count). The summed E-state index contributed by atoms with van der Waals surface area (Å²) in [7, 11) is 3.05. The molecule has 3 aromatic rings. The van der Waals surface area contributed by atoms with Crippen LogP contribution in [0.5, 0.6) is 11.5 Å². The van der Waals surface area contributed by atoms with Gasteiger partial charge in [-0.1, -0.05) is 18.2 Å². The van der Waals surface area contributed by atoms with Crippen molar-refractivity contribution in [2.24, 2.45) is 11.7 Å². The number of anilines is 1. The number of amides is 1. The van der Waals surface area contributed by atoms with E-state index in [0.717, 1.165) is 0 Å². The second kappa shape index (κ2) is 9.82. The van der Waals surface area contributed by atoms with Crippen LogP contribution in [0.3, 0.4) is 0 Å². The standard InChI is InChI=1S/C29H28N4O9/c1-12-15-8-9-18(31-11-13-4-6-14(7-5-13)33(41)42)23(34)19(15)24(35)20-16(12)10-17-22(32(2)3)25(36)21(28(30)39)27(38)29(17,40)26(20)37/h4-9,17,22,31,34-35,38,40H,10-11H2,1-3H3,(H2,30,39)/t17-,22-,29-/m0/s1. The molecule has 0 radical (unpaired) electrons. The molecule has 0 aliphatic heterocycles. The van der Waals surface area contributed by atoms with Crippen molar-refractivity contribution < 1.29 is 39.7 Å². The molecule has 218 valence electrons. The zero-order chi connectivity index (χ0) is 30.8. The van der Waals surface area contributed by atoms with Crippen LogP contribution in [-0.2, 0) is 22.6 Å². The van der Waals surface area contributed by atoms with Gasteiger partial charge >= 0.3 is 0 Å². The highest BCUT2D eigenvalue weighted by molar-refractivity contribution is 6.25. The molecule has 13 nitrogen and oxygen atoms in total. The summed E-state index contributed by atoms with van der Waals surface area (Å²) in [6.45, 7) is 1.83. The normalized spacial score (nSPS) is 21.8. The molecule has 1 amide bonds. The molecule has 13 heteroatoms. The number of carbonyl (C=O) groups excluding carboxylic acids is 3. The van der Waals surface area contributed by atoms with E-state index in [2.05, 4.69) is 5.32 Å². The van der Waals surface area contributed by atoms with Crippen LogP contribution in [-0.4, -0.2) is 73.5 Å². The lowest BCUT2D eigenvalue weighted by Gasteiger charge is -2.47. The van der Waals surface area contributed by atoms with Gasteiger partial charge in [-0.3, -0.25) is 29.4 Å². The lowest BCUT2D eigenvalue weighted by Crippen LogP contribution is -2.64. The summed E-state index contributed by atoms with van der Waals surface area (Å²) in [4.78, 5) is 51.1. The second-order valence-electron chi connectivity index (χ2n) is 10.8. The number of fused-ring (bicyclic) bond motifs is 3. The van der Waals surface area contributed by atoms with Gasteiger partial charge in [0.2, 0.25) is 5.78 Å². The van der Waals surface area contributed by atoms with Crippen LogP contribution < -0.4 is 11.1 Å². The van der Waals surface area contributed by atoms with Gasteiger partial charge in [-0.05, 0) is 55.6 Å². The highest BCUT2D eigenvalue weighted by atomic mass is 16.6. The summed E-state index contributed by atoms with van der Waals surface area (Å²) in [5.74, 6) is -6.72. The fourth-order valence-electron chi connectivity index (χ4n) is 6.16. The van der Waals surface area contributed by atoms with Crippen molar-refractivity contribution >= 4 is 39.6 Å². The number of nitro benzene ring substituents is 1. The van der Waals surface area contributed by atoms with Crippen molar-refractivity contribution in [1.82, 2.24) is 4.90 Å². The van der Waals surface area contributed by atoms with Crippen molar-refractivity contribution in [2.75, 3.05) is 19.4 Å². The minimum absolute atomic E-state index is 0.0749. The number of ketones is 2. The molecule has 0 saturated carbocycles. The summed E-state index contributed by atoms with van der Waals surface area (Å²) < 4.78 is 0. The van der Waals surface area contributed by atoms with Gasteiger partial charge in [0, 0.05) is 24.6 Å². The number of aromatic hydroxyl groups is 2. The first-order valence-corrected chi connectivity index (χ1v) is 12.9. The van der Waals surface area contributed by atoms with Gasteiger partial charge in [0.1, 0.15) is 22.8 Å². The Balaban J connectivity index is 1.64. The van der Waals surface area contributed by atoms with Crippen LogP contribution in [0.1, 0.15) is 27.0 Å². The van der Waals surface area contributed by atoms with Crippen LogP contribution in [0.2, 0.25) is 0 Å². The summed E-state index contributed by atoms with van der Waals surface area (Å²) in [5.41, 5.74) is 2.95. The number of likely N-dealkylation sites (N-methyl/N-ethyl adjacent to an activating group) is 1. The Morgan fingerprint density at radius 2 is 1.76 bits per heavy atom. The molecule has 0 aromatic heterocycles. The van der Waals surface area contributed by atoms with Gasteiger partial charge in [-0.25, -0.2) is 0 Å². The summed E-state index contributed by atoms with van der Waals surface area (Å²) in [5, 5.41) is 59.5. The molecular formula is C29H28N4O9. The Hall–Kier alpha value is -5.01. The zero-order valence-corrected chi connectivity index (χ0v) is 22.8. The van der Waals surface area contributed by atoms with E-state index >= 15 is 0 Å². The Labute approximate surface area is 238 Å². The number of nitrogens with two attached hydrogens (primary N) is 1. The number of Topliss-reactive ketones (excluding diaryl/α,β-unsaturated/α-hetero) is 2. The number of nitrogens with zero attached hydrogens (tertiary/aromatic N) is 2. The molecule has 0 heterocycles. The van der Waals surface area contributed by atoms with Crippen molar-refractivity contribution in [2.45, 2.75) is 31.5 Å². The van der Waals surface area contributed by atoms with Crippen molar-refractivity contribution in [3.05, 3.63) is 80.1 Å². The minimum Gasteiger partial charge on any atom is -0.508 e. The largest absolute Gasteiger partial charge is 0.508 e. The summed E-state index contributed by atoms with van der Waals surface area (Å²) >= 11 is 0. The first kappa shape index (κ1) is 28.5. The van der Waals surface area contributed by atoms with Crippen molar-refractivity contribution in [3.8, 4) is 11.5 Å². The van der Waals surface area contributed by atoms with E-state index in [4.69, 9.17) is 5.73 Å². The van der Waals surface area contributed by atoms with Gasteiger partial charge in [-0.15, -0.1) is 0 Å². The number of primary amides is 1. The number of nitrogens with one attached hydrogen (secondary N) is 1. The molecule has 7 N–H and O–H groups in total. The highest BCUT2D eigenvalue weighted by Crippen LogP contribution is 2.51. The summed E-state index contributed by atoms with van der Waals surface area (Å²) in [6, 6.07) is 7.79. The zero-order valence-electron chi connectivity index (χ0n) is 22.8. The highest BCUT2D eigenvalue weighted by Gasteiger charge is 2.62. The average molecular weight is 577 g/mol. The maximum atomic E-state index is 14.0. The number of aryl methyl sites for hydroxylation is 1. The molecule has 2 aliphatic rings. The maximum absolute atomic E-state index is 14.0. The molecule has 3 aromatic carbocycles. The maximum Gasteiger partial charge on any atom is 0.269 e. The van der Waals surface area contributed by atoms with E-state index < -0.39 is 62.8 Å². The molecule has 42 heavy (non-hydrogen) atoms. The average Bonchev–Trinajstić information content (AvgIpc) is 2.92. The van der Waals surface area contributed by atoms with E-state index in [-0.39, 0.29) is 35.3 Å². The lowest BCUT2D eigenvalue weighted by molar-refractivity contribution is -0.384. The number of non-ortho nitro benzene ring substituents is 1. The number of aliphatic hydroxyl groups is 2. The van der Waals surface area contributed by atoms with Gasteiger partial charge in [0.15, 0.2) is 11.4 Å². The molecule has 0 fully saturated rings. The van der Waals surface area contributed by atoms with Gasteiger partial charge in [0.25, 0.3) is 11.6 Å². The monoisotopic (exact) mass is 576 g/mol. The van der Waals surface area contributed by atoms with Gasteiger partial charge in [0.05, 0.1) is 27.6 Å². The molecule has 2 aliphatic carbocycles. The number of phenolic OH excluding ortho intramolecular Hbond substituents is 2. The van der Waals surface area contributed by atoms with E-state index in [1.54, 1.807) is 31.2 Å². The van der Waals surface area contributed by atoms with Crippen LogP contribution >= 0.6 is 0 Å². The quantitative estimate of drug-likeness (QED) is 0.108. The Kier molecular flexibility index (Phi) is 6.67. The molecular weight excluding hydrogens is 548 g/mol. The third-order valence-corrected chi connectivity index (χ3v) is 8.27. The number of phenols is 2. The number of benzene rings is 3.